The average molecular weight is 255 g/mol. The molecule has 0 amide bonds. The number of rotatable bonds is 11. The van der Waals surface area contributed by atoms with Crippen LogP contribution in [-0.2, 0) is 4.74 Å². The second kappa shape index (κ2) is 11.7. The molecular weight excluding hydrogens is 222 g/mol. The van der Waals surface area contributed by atoms with Crippen LogP contribution < -0.4 is 0 Å². The lowest BCUT2D eigenvalue weighted by Gasteiger charge is -2.18. The number of ether oxygens (including phenoxy) is 1. The largest absolute Gasteiger partial charge is 0.380 e. The summed E-state index contributed by atoms with van der Waals surface area (Å²) in [6.07, 6.45) is 6.01. The quantitative estimate of drug-likeness (QED) is 0.407. The summed E-state index contributed by atoms with van der Waals surface area (Å²) < 4.78 is 5.71. The molecule has 0 fully saturated rings. The van der Waals surface area contributed by atoms with Crippen LogP contribution >= 0.6 is 0 Å². The Bertz CT molecular complexity index is 205. The molecule has 1 unspecified atom stereocenters. The van der Waals surface area contributed by atoms with Gasteiger partial charge in [0.2, 0.25) is 0 Å². The average Bonchev–Trinajstić information content (AvgIpc) is 2.33. The Labute approximate surface area is 114 Å². The molecule has 0 saturated heterocycles. The first-order valence-corrected chi connectivity index (χ1v) is 7.53. The van der Waals surface area contributed by atoms with Gasteiger partial charge in [0.05, 0.1) is 6.61 Å². The lowest BCUT2D eigenvalue weighted by atomic mass is 10.0. The second-order valence-electron chi connectivity index (χ2n) is 5.39. The first kappa shape index (κ1) is 17.7. The molecule has 1 atom stereocenters. The molecular formula is C16H33NO. The highest BCUT2D eigenvalue weighted by Gasteiger charge is 2.02. The third-order valence-corrected chi connectivity index (χ3v) is 3.41. The fourth-order valence-corrected chi connectivity index (χ4v) is 1.92. The highest BCUT2D eigenvalue weighted by Crippen LogP contribution is 2.11. The van der Waals surface area contributed by atoms with Gasteiger partial charge < -0.3 is 9.64 Å². The fraction of sp³-hybridized carbons (Fsp3) is 0.875. The van der Waals surface area contributed by atoms with Crippen LogP contribution in [0.4, 0.5) is 0 Å². The van der Waals surface area contributed by atoms with E-state index in [4.69, 9.17) is 4.74 Å². The minimum atomic E-state index is 0.772. The van der Waals surface area contributed by atoms with Gasteiger partial charge in [0.25, 0.3) is 0 Å². The van der Waals surface area contributed by atoms with Gasteiger partial charge in [-0.25, -0.2) is 0 Å². The van der Waals surface area contributed by atoms with Crippen LogP contribution in [0, 0.1) is 5.92 Å². The molecule has 0 aromatic carbocycles. The van der Waals surface area contributed by atoms with E-state index in [1.807, 2.05) is 0 Å². The maximum absolute atomic E-state index is 5.71. The lowest BCUT2D eigenvalue weighted by molar-refractivity contribution is 0.0971. The molecule has 18 heavy (non-hydrogen) atoms. The maximum Gasteiger partial charge on any atom is 0.0593 e. The zero-order valence-electron chi connectivity index (χ0n) is 13.2. The maximum atomic E-state index is 5.71. The van der Waals surface area contributed by atoms with Crippen molar-refractivity contribution in [2.75, 3.05) is 32.8 Å². The second-order valence-corrected chi connectivity index (χ2v) is 5.39. The van der Waals surface area contributed by atoms with E-state index in [9.17, 15) is 0 Å². The minimum Gasteiger partial charge on any atom is -0.380 e. The lowest BCUT2D eigenvalue weighted by Crippen LogP contribution is -2.27. The van der Waals surface area contributed by atoms with Gasteiger partial charge in [0, 0.05) is 13.2 Å². The Hall–Kier alpha value is -0.340. The molecule has 0 spiro atoms. The van der Waals surface area contributed by atoms with Gasteiger partial charge in [-0.1, -0.05) is 32.4 Å². The Kier molecular flexibility index (Phi) is 11.5. The molecule has 108 valence electrons. The molecule has 0 bridgehead atoms. The van der Waals surface area contributed by atoms with Gasteiger partial charge in [0.15, 0.2) is 0 Å². The zero-order chi connectivity index (χ0) is 13.8. The van der Waals surface area contributed by atoms with E-state index in [1.165, 1.54) is 24.8 Å². The van der Waals surface area contributed by atoms with E-state index in [2.05, 4.69) is 45.6 Å². The van der Waals surface area contributed by atoms with Crippen LogP contribution in [0.2, 0.25) is 0 Å². The van der Waals surface area contributed by atoms with E-state index in [-0.39, 0.29) is 0 Å². The van der Waals surface area contributed by atoms with Gasteiger partial charge in [0.1, 0.15) is 0 Å². The summed E-state index contributed by atoms with van der Waals surface area (Å²) in [5.41, 5.74) is 1.43. The Morgan fingerprint density at radius 3 is 2.33 bits per heavy atom. The summed E-state index contributed by atoms with van der Waals surface area (Å²) in [4.78, 5) is 2.40. The third kappa shape index (κ3) is 10.8. The number of hydrogen-bond donors (Lipinski definition) is 0. The molecule has 2 heteroatoms. The van der Waals surface area contributed by atoms with Crippen LogP contribution in [0.3, 0.4) is 0 Å². The van der Waals surface area contributed by atoms with Gasteiger partial charge in [-0.05, 0) is 52.1 Å². The molecule has 0 aromatic rings. The predicted octanol–water partition coefficient (Wildman–Crippen LogP) is 4.12. The van der Waals surface area contributed by atoms with Crippen molar-refractivity contribution in [2.24, 2.45) is 5.92 Å². The number of allylic oxidation sites excluding steroid dienone is 2. The van der Waals surface area contributed by atoms with Crippen molar-refractivity contribution < 1.29 is 4.74 Å². The molecule has 0 aromatic heterocycles. The van der Waals surface area contributed by atoms with E-state index < -0.39 is 0 Å². The van der Waals surface area contributed by atoms with Gasteiger partial charge >= 0.3 is 0 Å². The van der Waals surface area contributed by atoms with Crippen molar-refractivity contribution in [3.63, 3.8) is 0 Å². The normalized spacial score (nSPS) is 12.8. The van der Waals surface area contributed by atoms with Crippen LogP contribution in [-0.4, -0.2) is 37.7 Å². The van der Waals surface area contributed by atoms with Crippen LogP contribution in [0.15, 0.2) is 11.6 Å². The Balaban J connectivity index is 3.40. The summed E-state index contributed by atoms with van der Waals surface area (Å²) in [7, 11) is 0. The molecule has 0 radical (unpaired) electrons. The molecule has 0 aliphatic heterocycles. The van der Waals surface area contributed by atoms with E-state index in [0.717, 1.165) is 38.8 Å². The van der Waals surface area contributed by atoms with Crippen molar-refractivity contribution in [3.8, 4) is 0 Å². The highest BCUT2D eigenvalue weighted by atomic mass is 16.5. The number of hydrogen-bond acceptors (Lipinski definition) is 2. The Morgan fingerprint density at radius 1 is 1.11 bits per heavy atom. The Morgan fingerprint density at radius 2 is 1.78 bits per heavy atom. The first-order chi connectivity index (χ1) is 8.60. The van der Waals surface area contributed by atoms with Crippen molar-refractivity contribution in [1.82, 2.24) is 4.90 Å². The predicted molar refractivity (Wildman–Crippen MR) is 81.1 cm³/mol. The summed E-state index contributed by atoms with van der Waals surface area (Å²) >= 11 is 0. The minimum absolute atomic E-state index is 0.772. The molecule has 0 aliphatic carbocycles. The van der Waals surface area contributed by atoms with E-state index in [1.54, 1.807) is 0 Å². The standard InChI is InChI=1S/C16H33NO/c1-6-17(7-2)12-14-18-13-11-16(5)10-8-9-15(3)4/h9,16H,6-8,10-14H2,1-5H3. The van der Waals surface area contributed by atoms with Crippen LogP contribution in [0.25, 0.3) is 0 Å². The molecule has 0 rings (SSSR count). The molecule has 0 N–H and O–H groups in total. The van der Waals surface area contributed by atoms with E-state index >= 15 is 0 Å². The third-order valence-electron chi connectivity index (χ3n) is 3.41. The number of nitrogens with zero attached hydrogens (tertiary/aromatic N) is 1. The molecule has 2 nitrogen and oxygen atoms in total. The van der Waals surface area contributed by atoms with Gasteiger partial charge in [-0.3, -0.25) is 0 Å². The summed E-state index contributed by atoms with van der Waals surface area (Å²) in [6, 6.07) is 0. The van der Waals surface area contributed by atoms with Gasteiger partial charge in [-0.2, -0.15) is 0 Å². The van der Waals surface area contributed by atoms with E-state index in [0.29, 0.717) is 0 Å². The SMILES string of the molecule is CCN(CC)CCOCCC(C)CCC=C(C)C. The monoisotopic (exact) mass is 255 g/mol. The smallest absolute Gasteiger partial charge is 0.0593 e. The highest BCUT2D eigenvalue weighted by molar-refractivity contribution is 4.92. The number of likely N-dealkylation sites (N-methyl/N-ethyl adjacent to an activating group) is 1. The van der Waals surface area contributed by atoms with Gasteiger partial charge in [-0.15, -0.1) is 0 Å². The summed E-state index contributed by atoms with van der Waals surface area (Å²) in [6.45, 7) is 16.2. The van der Waals surface area contributed by atoms with Crippen LogP contribution in [0.5, 0.6) is 0 Å². The van der Waals surface area contributed by atoms with Crippen molar-refractivity contribution in [2.45, 2.75) is 53.9 Å². The topological polar surface area (TPSA) is 12.5 Å². The molecule has 0 aliphatic rings. The van der Waals surface area contributed by atoms with Crippen molar-refractivity contribution >= 4 is 0 Å². The van der Waals surface area contributed by atoms with Crippen molar-refractivity contribution in [1.29, 1.82) is 0 Å². The summed E-state index contributed by atoms with van der Waals surface area (Å²) in [5.74, 6) is 0.772. The van der Waals surface area contributed by atoms with Crippen molar-refractivity contribution in [3.05, 3.63) is 11.6 Å². The molecule has 0 saturated carbocycles. The fourth-order valence-electron chi connectivity index (χ4n) is 1.92. The summed E-state index contributed by atoms with van der Waals surface area (Å²) in [5, 5.41) is 0. The molecule has 0 heterocycles. The zero-order valence-corrected chi connectivity index (χ0v) is 13.2. The van der Waals surface area contributed by atoms with Crippen LogP contribution in [0.1, 0.15) is 53.9 Å². The first-order valence-electron chi connectivity index (χ1n) is 7.53.